The van der Waals surface area contributed by atoms with E-state index in [1.54, 1.807) is 7.05 Å². The zero-order valence-corrected chi connectivity index (χ0v) is 20.6. The second kappa shape index (κ2) is 13.8. The third kappa shape index (κ3) is 9.33. The first kappa shape index (κ1) is 25.7. The van der Waals surface area contributed by atoms with Gasteiger partial charge in [0.2, 0.25) is 5.91 Å². The van der Waals surface area contributed by atoms with Gasteiger partial charge in [0.05, 0.1) is 13.1 Å². The molecule has 29 heavy (non-hydrogen) atoms. The van der Waals surface area contributed by atoms with Crippen LogP contribution in [-0.4, -0.2) is 65.6 Å². The van der Waals surface area contributed by atoms with Crippen molar-refractivity contribution in [2.45, 2.75) is 59.2 Å². The van der Waals surface area contributed by atoms with Crippen LogP contribution in [0.15, 0.2) is 17.4 Å². The van der Waals surface area contributed by atoms with Crippen LogP contribution < -0.4 is 16.0 Å². The molecular formula is C20H38IN7O. The van der Waals surface area contributed by atoms with Gasteiger partial charge in [0.1, 0.15) is 5.82 Å². The molecule has 3 N–H and O–H groups in total. The van der Waals surface area contributed by atoms with Crippen LogP contribution in [0, 0.1) is 5.92 Å². The van der Waals surface area contributed by atoms with E-state index in [0.717, 1.165) is 57.2 Å². The number of carbonyl (C=O) groups excluding carboxylic acids is 1. The van der Waals surface area contributed by atoms with E-state index in [1.165, 1.54) is 0 Å². The maximum absolute atomic E-state index is 11.9. The lowest BCUT2D eigenvalue weighted by Gasteiger charge is -2.32. The molecule has 2 heterocycles. The summed E-state index contributed by atoms with van der Waals surface area (Å²) in [6.45, 7) is 11.2. The van der Waals surface area contributed by atoms with Gasteiger partial charge in [0.15, 0.2) is 5.96 Å². The molecule has 1 saturated heterocycles. The number of likely N-dealkylation sites (tertiary alicyclic amines) is 1. The number of rotatable bonds is 9. The van der Waals surface area contributed by atoms with Crippen LogP contribution in [-0.2, 0) is 17.9 Å². The Morgan fingerprint density at radius 1 is 1.31 bits per heavy atom. The minimum atomic E-state index is 0. The number of hydrogen-bond donors (Lipinski definition) is 3. The first-order valence-corrected chi connectivity index (χ1v) is 10.5. The Kier molecular flexibility index (Phi) is 12.2. The summed E-state index contributed by atoms with van der Waals surface area (Å²) < 4.78 is 2.19. The lowest BCUT2D eigenvalue weighted by Crippen LogP contribution is -2.50. The Bertz CT molecular complexity index is 624. The number of nitrogens with zero attached hydrogens (tertiary/aromatic N) is 4. The number of hydrogen-bond acceptors (Lipinski definition) is 4. The Morgan fingerprint density at radius 2 is 2.03 bits per heavy atom. The van der Waals surface area contributed by atoms with Gasteiger partial charge in [-0.3, -0.25) is 14.7 Å². The van der Waals surface area contributed by atoms with Gasteiger partial charge in [0, 0.05) is 51.7 Å². The van der Waals surface area contributed by atoms with Gasteiger partial charge in [-0.15, -0.1) is 24.0 Å². The Morgan fingerprint density at radius 3 is 2.66 bits per heavy atom. The van der Waals surface area contributed by atoms with Crippen molar-refractivity contribution in [2.24, 2.45) is 10.9 Å². The summed E-state index contributed by atoms with van der Waals surface area (Å²) in [6.07, 6.45) is 6.86. The number of guanidine groups is 1. The molecule has 1 aliphatic rings. The van der Waals surface area contributed by atoms with E-state index in [9.17, 15) is 4.79 Å². The van der Waals surface area contributed by atoms with Crippen molar-refractivity contribution in [3.05, 3.63) is 18.2 Å². The molecule has 0 aliphatic carbocycles. The topological polar surface area (TPSA) is 86.6 Å². The summed E-state index contributed by atoms with van der Waals surface area (Å²) in [5.41, 5.74) is 0. The SMILES string of the molecule is CCCNC(=O)CN1CCC(NC(=NC)NCc2nccn2CC(C)C)CC1.I. The highest BCUT2D eigenvalue weighted by Gasteiger charge is 2.21. The number of piperidine rings is 1. The van der Waals surface area contributed by atoms with Crippen LogP contribution in [0.1, 0.15) is 45.9 Å². The molecule has 166 valence electrons. The average Bonchev–Trinajstić information content (AvgIpc) is 3.11. The van der Waals surface area contributed by atoms with E-state index in [0.29, 0.717) is 25.0 Å². The van der Waals surface area contributed by atoms with E-state index in [4.69, 9.17) is 0 Å². The third-order valence-corrected chi connectivity index (χ3v) is 4.87. The van der Waals surface area contributed by atoms with Crippen LogP contribution in [0.5, 0.6) is 0 Å². The van der Waals surface area contributed by atoms with E-state index in [-0.39, 0.29) is 29.9 Å². The lowest BCUT2D eigenvalue weighted by atomic mass is 10.1. The number of aliphatic imine (C=N–C) groups is 1. The number of amides is 1. The van der Waals surface area contributed by atoms with Crippen molar-refractivity contribution in [3.63, 3.8) is 0 Å². The Balaban J connectivity index is 0.00000420. The van der Waals surface area contributed by atoms with Gasteiger partial charge < -0.3 is 20.5 Å². The second-order valence-corrected chi connectivity index (χ2v) is 7.86. The molecule has 9 heteroatoms. The molecule has 0 spiro atoms. The summed E-state index contributed by atoms with van der Waals surface area (Å²) in [6, 6.07) is 0.372. The third-order valence-electron chi connectivity index (χ3n) is 4.87. The molecule has 1 amide bonds. The molecule has 0 saturated carbocycles. The first-order valence-electron chi connectivity index (χ1n) is 10.5. The number of nitrogens with one attached hydrogen (secondary N) is 3. The van der Waals surface area contributed by atoms with Crippen molar-refractivity contribution >= 4 is 35.8 Å². The highest BCUT2D eigenvalue weighted by atomic mass is 127. The summed E-state index contributed by atoms with van der Waals surface area (Å²) in [7, 11) is 1.79. The maximum Gasteiger partial charge on any atom is 0.234 e. The molecule has 0 bridgehead atoms. The lowest BCUT2D eigenvalue weighted by molar-refractivity contribution is -0.122. The minimum absolute atomic E-state index is 0. The molecule has 0 radical (unpaired) electrons. The summed E-state index contributed by atoms with van der Waals surface area (Å²) in [5.74, 6) is 2.53. The number of aromatic nitrogens is 2. The normalized spacial score (nSPS) is 15.8. The molecule has 1 aliphatic heterocycles. The highest BCUT2D eigenvalue weighted by molar-refractivity contribution is 14.0. The molecule has 8 nitrogen and oxygen atoms in total. The predicted molar refractivity (Wildman–Crippen MR) is 129 cm³/mol. The monoisotopic (exact) mass is 519 g/mol. The first-order chi connectivity index (χ1) is 13.5. The minimum Gasteiger partial charge on any atom is -0.355 e. The number of imidazole rings is 1. The summed E-state index contributed by atoms with van der Waals surface area (Å²) in [4.78, 5) is 22.9. The summed E-state index contributed by atoms with van der Waals surface area (Å²) >= 11 is 0. The zero-order chi connectivity index (χ0) is 20.4. The van der Waals surface area contributed by atoms with Gasteiger partial charge >= 0.3 is 0 Å². The van der Waals surface area contributed by atoms with Gasteiger partial charge in [-0.05, 0) is 25.2 Å². The molecule has 0 aromatic carbocycles. The molecule has 0 unspecified atom stereocenters. The maximum atomic E-state index is 11.9. The van der Waals surface area contributed by atoms with Crippen molar-refractivity contribution in [1.82, 2.24) is 30.4 Å². The van der Waals surface area contributed by atoms with Gasteiger partial charge in [-0.1, -0.05) is 20.8 Å². The fourth-order valence-corrected chi connectivity index (χ4v) is 3.38. The standard InChI is InChI=1S/C20H37N7O.HI/c1-5-8-23-19(28)15-26-10-6-17(7-11-26)25-20(21-4)24-13-18-22-9-12-27(18)14-16(2)3;/h9,12,16-17H,5-8,10-11,13-15H2,1-4H3,(H,23,28)(H2,21,24,25);1H. The molecule has 1 aromatic heterocycles. The van der Waals surface area contributed by atoms with Gasteiger partial charge in [0.25, 0.3) is 0 Å². The van der Waals surface area contributed by atoms with Crippen molar-refractivity contribution < 1.29 is 4.79 Å². The van der Waals surface area contributed by atoms with E-state index >= 15 is 0 Å². The average molecular weight is 519 g/mol. The zero-order valence-electron chi connectivity index (χ0n) is 18.3. The molecule has 2 rings (SSSR count). The van der Waals surface area contributed by atoms with E-state index < -0.39 is 0 Å². The van der Waals surface area contributed by atoms with Crippen molar-refractivity contribution in [3.8, 4) is 0 Å². The van der Waals surface area contributed by atoms with Crippen LogP contribution >= 0.6 is 24.0 Å². The Hall–Kier alpha value is -1.36. The van der Waals surface area contributed by atoms with Gasteiger partial charge in [-0.2, -0.15) is 0 Å². The fraction of sp³-hybridized carbons (Fsp3) is 0.750. The molecule has 1 aromatic rings. The smallest absolute Gasteiger partial charge is 0.234 e. The predicted octanol–water partition coefficient (Wildman–Crippen LogP) is 1.81. The van der Waals surface area contributed by atoms with E-state index in [1.807, 2.05) is 12.4 Å². The van der Waals surface area contributed by atoms with Crippen molar-refractivity contribution in [2.75, 3.05) is 33.2 Å². The van der Waals surface area contributed by atoms with Crippen molar-refractivity contribution in [1.29, 1.82) is 0 Å². The molecular weight excluding hydrogens is 481 g/mol. The number of halogens is 1. The quantitative estimate of drug-likeness (QED) is 0.263. The largest absolute Gasteiger partial charge is 0.355 e. The van der Waals surface area contributed by atoms with Crippen LogP contribution in [0.4, 0.5) is 0 Å². The molecule has 0 atom stereocenters. The molecule has 1 fully saturated rings. The van der Waals surface area contributed by atoms with Gasteiger partial charge in [-0.25, -0.2) is 4.98 Å². The van der Waals surface area contributed by atoms with E-state index in [2.05, 4.69) is 56.2 Å². The summed E-state index contributed by atoms with van der Waals surface area (Å²) in [5, 5.41) is 9.83. The van der Waals surface area contributed by atoms with Crippen LogP contribution in [0.2, 0.25) is 0 Å². The van der Waals surface area contributed by atoms with Crippen LogP contribution in [0.3, 0.4) is 0 Å². The highest BCUT2D eigenvalue weighted by Crippen LogP contribution is 2.10. The number of carbonyl (C=O) groups is 1. The fourth-order valence-electron chi connectivity index (χ4n) is 3.38. The second-order valence-electron chi connectivity index (χ2n) is 7.86. The van der Waals surface area contributed by atoms with Crippen LogP contribution in [0.25, 0.3) is 0 Å². The Labute approximate surface area is 192 Å².